The Morgan fingerprint density at radius 1 is 1.46 bits per heavy atom. The van der Waals surface area contributed by atoms with Crippen LogP contribution < -0.4 is 33.9 Å². The van der Waals surface area contributed by atoms with Crippen molar-refractivity contribution in [2.75, 3.05) is 13.1 Å². The van der Waals surface area contributed by atoms with Gasteiger partial charge in [-0.05, 0) is 11.6 Å². The van der Waals surface area contributed by atoms with Crippen LogP contribution >= 0.6 is 0 Å². The van der Waals surface area contributed by atoms with E-state index in [1.54, 1.807) is 0 Å². The lowest BCUT2D eigenvalue weighted by Crippen LogP contribution is -3.00. The van der Waals surface area contributed by atoms with Crippen molar-refractivity contribution in [3.05, 3.63) is 36.2 Å². The summed E-state index contributed by atoms with van der Waals surface area (Å²) in [5, 5.41) is 3.29. The lowest BCUT2D eigenvalue weighted by Gasteiger charge is -1.98. The van der Waals surface area contributed by atoms with Crippen LogP contribution in [0.2, 0.25) is 0 Å². The third kappa shape index (κ3) is 2.51. The molecule has 2 rings (SSSR count). The lowest BCUT2D eigenvalue weighted by atomic mass is 10.1. The van der Waals surface area contributed by atoms with Gasteiger partial charge >= 0.3 is 0 Å². The molecule has 1 aromatic rings. The maximum absolute atomic E-state index is 3.29. The van der Waals surface area contributed by atoms with Crippen LogP contribution in [0.4, 0.5) is 0 Å². The second kappa shape index (κ2) is 4.72. The Balaban J connectivity index is 0.000000845. The van der Waals surface area contributed by atoms with Crippen molar-refractivity contribution < 1.29 is 28.5 Å². The number of nitrogens with zero attached hydrogens (tertiary/aromatic N) is 1. The summed E-state index contributed by atoms with van der Waals surface area (Å²) in [6.07, 6.45) is 6.45. The molecule has 3 heteroatoms. The largest absolute Gasteiger partial charge is 1.00 e. The lowest BCUT2D eigenvalue weighted by molar-refractivity contribution is -0.671. The van der Waals surface area contributed by atoms with E-state index in [0.29, 0.717) is 0 Å². The van der Waals surface area contributed by atoms with E-state index >= 15 is 0 Å². The molecule has 0 saturated carbocycles. The number of nitrogens with one attached hydrogen (secondary N) is 1. The summed E-state index contributed by atoms with van der Waals surface area (Å²) in [7, 11) is 2.05. The smallest absolute Gasteiger partial charge is 0.176 e. The molecule has 0 aromatic carbocycles. The van der Waals surface area contributed by atoms with Gasteiger partial charge in [-0.15, -0.1) is 0 Å². The molecule has 0 unspecified atom stereocenters. The van der Waals surface area contributed by atoms with Crippen LogP contribution in [-0.2, 0) is 7.05 Å². The second-order valence-corrected chi connectivity index (χ2v) is 3.12. The van der Waals surface area contributed by atoms with Crippen molar-refractivity contribution >= 4 is 5.57 Å². The monoisotopic (exact) mass is 288 g/mol. The Morgan fingerprint density at radius 2 is 2.31 bits per heavy atom. The Labute approximate surface area is 95.7 Å². The molecule has 0 bridgehead atoms. The third-order valence-corrected chi connectivity index (χ3v) is 2.12. The Morgan fingerprint density at radius 3 is 2.92 bits per heavy atom. The van der Waals surface area contributed by atoms with Gasteiger partial charge < -0.3 is 29.3 Å². The summed E-state index contributed by atoms with van der Waals surface area (Å²) in [6.45, 7) is 2.01. The molecule has 1 aliphatic heterocycles. The summed E-state index contributed by atoms with van der Waals surface area (Å²) in [4.78, 5) is 0. The standard InChI is InChI=1S/C10H13N2.HI/c1-12-6-2-3-10(8-12)9-4-5-11-7-9;/h2-4,6,8,11H,5,7H2,1H3;1H/q+1;/p-1. The van der Waals surface area contributed by atoms with Gasteiger partial charge in [-0.25, -0.2) is 4.57 Å². The van der Waals surface area contributed by atoms with E-state index in [2.05, 4.69) is 34.3 Å². The number of hydrogen-bond acceptors (Lipinski definition) is 1. The molecular formula is C10H13IN2. The molecule has 1 aliphatic rings. The van der Waals surface area contributed by atoms with E-state index in [9.17, 15) is 0 Å². The summed E-state index contributed by atoms with van der Waals surface area (Å²) in [5.41, 5.74) is 2.73. The Kier molecular flexibility index (Phi) is 3.87. The molecule has 2 nitrogen and oxygen atoms in total. The molecule has 70 valence electrons. The van der Waals surface area contributed by atoms with Gasteiger partial charge in [-0.1, -0.05) is 6.08 Å². The van der Waals surface area contributed by atoms with Crippen LogP contribution in [0, 0.1) is 0 Å². The number of rotatable bonds is 1. The first-order valence-corrected chi connectivity index (χ1v) is 4.22. The summed E-state index contributed by atoms with van der Waals surface area (Å²) >= 11 is 0. The fourth-order valence-electron chi connectivity index (χ4n) is 1.47. The van der Waals surface area contributed by atoms with Gasteiger partial charge in [0.05, 0.1) is 0 Å². The highest BCUT2D eigenvalue weighted by atomic mass is 127. The minimum absolute atomic E-state index is 0. The van der Waals surface area contributed by atoms with Gasteiger partial charge in [0.15, 0.2) is 12.4 Å². The van der Waals surface area contributed by atoms with E-state index in [4.69, 9.17) is 0 Å². The molecule has 0 aliphatic carbocycles. The van der Waals surface area contributed by atoms with E-state index < -0.39 is 0 Å². The van der Waals surface area contributed by atoms with E-state index in [1.165, 1.54) is 11.1 Å². The first-order valence-electron chi connectivity index (χ1n) is 4.22. The average Bonchev–Trinajstić information content (AvgIpc) is 2.56. The molecule has 1 N–H and O–H groups in total. The van der Waals surface area contributed by atoms with Crippen LogP contribution in [-0.4, -0.2) is 13.1 Å². The summed E-state index contributed by atoms with van der Waals surface area (Å²) in [5.74, 6) is 0. The molecular weight excluding hydrogens is 275 g/mol. The predicted molar refractivity (Wildman–Crippen MR) is 48.5 cm³/mol. The maximum atomic E-state index is 3.29. The van der Waals surface area contributed by atoms with Gasteiger partial charge in [0.25, 0.3) is 0 Å². The minimum Gasteiger partial charge on any atom is -1.00 e. The van der Waals surface area contributed by atoms with Crippen molar-refractivity contribution in [1.82, 2.24) is 5.32 Å². The van der Waals surface area contributed by atoms with E-state index in [1.807, 2.05) is 13.2 Å². The fourth-order valence-corrected chi connectivity index (χ4v) is 1.47. The molecule has 2 heterocycles. The molecule has 0 spiro atoms. The number of pyridine rings is 1. The first kappa shape index (κ1) is 10.7. The quantitative estimate of drug-likeness (QED) is 0.446. The molecule has 1 aromatic heterocycles. The normalized spacial score (nSPS) is 15.0. The Hall–Kier alpha value is -0.420. The SMILES string of the molecule is C[n+]1cccc(C2=CCNC2)c1.[I-]. The van der Waals surface area contributed by atoms with Crippen LogP contribution in [0.5, 0.6) is 0 Å². The molecule has 0 fully saturated rings. The molecule has 0 atom stereocenters. The zero-order chi connectivity index (χ0) is 8.39. The van der Waals surface area contributed by atoms with Crippen LogP contribution in [0.3, 0.4) is 0 Å². The van der Waals surface area contributed by atoms with Crippen molar-refractivity contribution in [2.24, 2.45) is 7.05 Å². The first-order chi connectivity index (χ1) is 5.86. The van der Waals surface area contributed by atoms with Gasteiger partial charge in [0, 0.05) is 24.7 Å². The topological polar surface area (TPSA) is 15.9 Å². The van der Waals surface area contributed by atoms with E-state index in [-0.39, 0.29) is 24.0 Å². The third-order valence-electron chi connectivity index (χ3n) is 2.12. The number of hydrogen-bond donors (Lipinski definition) is 1. The maximum Gasteiger partial charge on any atom is 0.176 e. The Bertz CT molecular complexity index is 320. The summed E-state index contributed by atoms with van der Waals surface area (Å²) in [6, 6.07) is 4.23. The van der Waals surface area contributed by atoms with Gasteiger partial charge in [-0.3, -0.25) is 0 Å². The van der Waals surface area contributed by atoms with Gasteiger partial charge in [0.2, 0.25) is 0 Å². The molecule has 13 heavy (non-hydrogen) atoms. The minimum atomic E-state index is 0. The number of aromatic nitrogens is 1. The van der Waals surface area contributed by atoms with Crippen molar-refractivity contribution in [3.8, 4) is 0 Å². The number of halogens is 1. The van der Waals surface area contributed by atoms with Crippen LogP contribution in [0.25, 0.3) is 5.57 Å². The number of aryl methyl sites for hydroxylation is 1. The summed E-state index contributed by atoms with van der Waals surface area (Å²) < 4.78 is 2.08. The zero-order valence-corrected chi connectivity index (χ0v) is 9.78. The van der Waals surface area contributed by atoms with Crippen LogP contribution in [0.1, 0.15) is 5.56 Å². The molecule has 0 saturated heterocycles. The average molecular weight is 288 g/mol. The van der Waals surface area contributed by atoms with E-state index in [0.717, 1.165) is 13.1 Å². The highest BCUT2D eigenvalue weighted by molar-refractivity contribution is 5.67. The van der Waals surface area contributed by atoms with Crippen molar-refractivity contribution in [2.45, 2.75) is 0 Å². The van der Waals surface area contributed by atoms with Gasteiger partial charge in [0.1, 0.15) is 7.05 Å². The van der Waals surface area contributed by atoms with Gasteiger partial charge in [-0.2, -0.15) is 0 Å². The fraction of sp³-hybridized carbons (Fsp3) is 0.300. The predicted octanol–water partition coefficient (Wildman–Crippen LogP) is -2.50. The zero-order valence-electron chi connectivity index (χ0n) is 7.63. The van der Waals surface area contributed by atoms with Crippen molar-refractivity contribution in [3.63, 3.8) is 0 Å². The highest BCUT2D eigenvalue weighted by Crippen LogP contribution is 2.13. The van der Waals surface area contributed by atoms with Crippen LogP contribution in [0.15, 0.2) is 30.6 Å². The second-order valence-electron chi connectivity index (χ2n) is 3.12. The molecule has 0 amide bonds. The van der Waals surface area contributed by atoms with Crippen molar-refractivity contribution in [1.29, 1.82) is 0 Å². The highest BCUT2D eigenvalue weighted by Gasteiger charge is 2.08. The molecule has 0 radical (unpaired) electrons.